The largest absolute Gasteiger partial charge is 0.453 e. The number of amides is 1. The molecule has 1 saturated carbocycles. The number of β-amino-alcohol motifs (C(OH)–C–C–N with tert-alkyl or cyclic N) is 1. The van der Waals surface area contributed by atoms with Crippen LogP contribution in [0.4, 0.5) is 13.2 Å². The Hall–Kier alpha value is -3.44. The summed E-state index contributed by atoms with van der Waals surface area (Å²) in [5.41, 5.74) is 0.543. The van der Waals surface area contributed by atoms with Gasteiger partial charge in [-0.15, -0.1) is 0 Å². The van der Waals surface area contributed by atoms with Gasteiger partial charge in [-0.05, 0) is 105 Å². The zero-order valence-corrected chi connectivity index (χ0v) is 30.1. The first-order valence-electron chi connectivity index (χ1n) is 17.8. The average Bonchev–Trinajstić information content (AvgIpc) is 3.66. The molecule has 2 fully saturated rings. The molecule has 1 amide bonds. The maximum atomic E-state index is 14.4. The molecule has 1 saturated heterocycles. The monoisotopic (exact) mass is 726 g/mol. The van der Waals surface area contributed by atoms with E-state index in [0.29, 0.717) is 70.4 Å². The molecule has 1 aromatic heterocycles. The lowest BCUT2D eigenvalue weighted by atomic mass is 9.64. The highest BCUT2D eigenvalue weighted by Gasteiger charge is 2.57. The number of halogens is 4. The number of allylic oxidation sites excluding steroid dienone is 2. The summed E-state index contributed by atoms with van der Waals surface area (Å²) in [6.07, 6.45) is 1.16. The first-order valence-corrected chi connectivity index (χ1v) is 18.1. The summed E-state index contributed by atoms with van der Waals surface area (Å²) >= 11 is 6.30. The highest BCUT2D eigenvalue weighted by Crippen LogP contribution is 2.59. The van der Waals surface area contributed by atoms with Gasteiger partial charge < -0.3 is 19.5 Å². The fourth-order valence-corrected chi connectivity index (χ4v) is 8.63. The van der Waals surface area contributed by atoms with Crippen LogP contribution in [0.1, 0.15) is 98.0 Å². The topological polar surface area (TPSA) is 94.2 Å². The normalized spacial score (nSPS) is 26.5. The highest BCUT2D eigenvalue weighted by molar-refractivity contribution is 6.33. The minimum absolute atomic E-state index is 0.0259. The number of benzene rings is 2. The minimum Gasteiger partial charge on any atom is -0.453 e. The quantitative estimate of drug-likeness (QED) is 0.204. The van der Waals surface area contributed by atoms with E-state index < -0.39 is 34.6 Å². The van der Waals surface area contributed by atoms with Crippen molar-refractivity contribution in [3.63, 3.8) is 0 Å². The molecule has 7 nitrogen and oxygen atoms in total. The summed E-state index contributed by atoms with van der Waals surface area (Å²) < 4.78 is 46.5. The molecule has 0 spiro atoms. The predicted octanol–water partition coefficient (Wildman–Crippen LogP) is 8.05. The lowest BCUT2D eigenvalue weighted by Crippen LogP contribution is -2.57. The van der Waals surface area contributed by atoms with Crippen LogP contribution in [0.25, 0.3) is 11.3 Å². The second-order valence-corrected chi connectivity index (χ2v) is 15.3. The van der Waals surface area contributed by atoms with E-state index in [4.69, 9.17) is 16.0 Å². The van der Waals surface area contributed by atoms with Gasteiger partial charge in [-0.1, -0.05) is 42.3 Å². The number of fused-ring (bicyclic) bond motifs is 8. The Morgan fingerprint density at radius 1 is 1.02 bits per heavy atom. The lowest BCUT2D eigenvalue weighted by molar-refractivity contribution is -0.137. The van der Waals surface area contributed by atoms with Crippen LogP contribution >= 0.6 is 11.6 Å². The molecular weight excluding hydrogens is 681 g/mol. The summed E-state index contributed by atoms with van der Waals surface area (Å²) in [4.78, 5) is 30.5. The van der Waals surface area contributed by atoms with Crippen LogP contribution < -0.4 is 0 Å². The highest BCUT2D eigenvalue weighted by atomic mass is 35.5. The van der Waals surface area contributed by atoms with E-state index in [0.717, 1.165) is 42.2 Å². The summed E-state index contributed by atoms with van der Waals surface area (Å²) in [5.74, 6) is -0.601. The zero-order valence-electron chi connectivity index (χ0n) is 29.4. The van der Waals surface area contributed by atoms with Crippen molar-refractivity contribution in [2.45, 2.75) is 89.5 Å². The Kier molecular flexibility index (Phi) is 10.6. The fraction of sp³-hybridized carbons (Fsp3) is 0.500. The fourth-order valence-electron chi connectivity index (χ4n) is 8.42. The van der Waals surface area contributed by atoms with Crippen LogP contribution in [0.5, 0.6) is 0 Å². The van der Waals surface area contributed by atoms with Gasteiger partial charge in [0.25, 0.3) is 0 Å². The van der Waals surface area contributed by atoms with Gasteiger partial charge in [0.2, 0.25) is 11.7 Å². The molecule has 2 heterocycles. The molecule has 2 aromatic carbocycles. The Balaban J connectivity index is 1.38. The maximum absolute atomic E-state index is 14.4. The van der Waals surface area contributed by atoms with Crippen LogP contribution in [0.3, 0.4) is 0 Å². The lowest BCUT2D eigenvalue weighted by Gasteiger charge is -2.47. The van der Waals surface area contributed by atoms with Crippen LogP contribution in [-0.4, -0.2) is 76.1 Å². The average molecular weight is 727 g/mol. The van der Waals surface area contributed by atoms with Gasteiger partial charge >= 0.3 is 6.18 Å². The third kappa shape index (κ3) is 7.70. The number of carbonyl (C=O) groups is 2. The Bertz CT molecular complexity index is 1810. The van der Waals surface area contributed by atoms with Gasteiger partial charge in [0.1, 0.15) is 5.76 Å². The maximum Gasteiger partial charge on any atom is 0.416 e. The van der Waals surface area contributed by atoms with Crippen molar-refractivity contribution < 1.29 is 37.4 Å². The first kappa shape index (κ1) is 37.3. The predicted molar refractivity (Wildman–Crippen MR) is 190 cm³/mol. The molecule has 51 heavy (non-hydrogen) atoms. The van der Waals surface area contributed by atoms with Crippen molar-refractivity contribution in [3.05, 3.63) is 93.2 Å². The molecule has 4 aliphatic rings. The van der Waals surface area contributed by atoms with Crippen molar-refractivity contribution >= 4 is 23.3 Å². The summed E-state index contributed by atoms with van der Waals surface area (Å²) in [6.45, 7) is 8.76. The van der Waals surface area contributed by atoms with Gasteiger partial charge in [-0.2, -0.15) is 13.2 Å². The van der Waals surface area contributed by atoms with Crippen LogP contribution in [0.15, 0.2) is 64.6 Å². The molecule has 11 heteroatoms. The molecule has 4 atom stereocenters. The molecule has 2 N–H and O–H groups in total. The number of ketones is 1. The standard InChI is InChI=1S/C40H46ClF3N2O5/c1-25-5-4-15-38(3)33(14-16-39(38,50)24-45-17-19-46(20-18-45)26(2)47)30-10-7-27(21-29(48)9-6-25)22-31(30)37(49)36-13-12-35(51-36)32-23-28(40(42,43)44)8-11-34(32)41/h5,7-8,10-13,22-23,29,33,48,50H,4,6,9,14-21,24H2,1-3H3/t29-,33-,38-,39+/m0/s1. The molecule has 2 bridgehead atoms. The van der Waals surface area contributed by atoms with E-state index in [1.807, 2.05) is 17.0 Å². The van der Waals surface area contributed by atoms with Crippen molar-refractivity contribution in [3.8, 4) is 11.3 Å². The van der Waals surface area contributed by atoms with Crippen molar-refractivity contribution in [1.82, 2.24) is 9.80 Å². The van der Waals surface area contributed by atoms with E-state index in [9.17, 15) is 33.0 Å². The molecule has 3 aliphatic carbocycles. The number of hydrogen-bond donors (Lipinski definition) is 2. The number of rotatable bonds is 5. The molecule has 1 aliphatic heterocycles. The molecule has 3 aromatic rings. The number of furan rings is 1. The summed E-state index contributed by atoms with van der Waals surface area (Å²) in [7, 11) is 0. The third-order valence-electron chi connectivity index (χ3n) is 11.6. The first-order chi connectivity index (χ1) is 24.1. The van der Waals surface area contributed by atoms with Gasteiger partial charge in [0.15, 0.2) is 5.76 Å². The molecule has 0 unspecified atom stereocenters. The molecular formula is C40H46ClF3N2O5. The second-order valence-electron chi connectivity index (χ2n) is 14.9. The Labute approximate surface area is 302 Å². The van der Waals surface area contributed by atoms with E-state index in [1.54, 1.807) is 13.0 Å². The van der Waals surface area contributed by atoms with Crippen molar-refractivity contribution in [2.24, 2.45) is 5.41 Å². The summed E-state index contributed by atoms with van der Waals surface area (Å²) in [6, 6.07) is 11.6. The SMILES string of the molecule is CC(=O)N1CCN(C[C@]2(O)CC[C@H]3c4ccc(cc4C(=O)c4ccc(-c5cc(C(F)(F)F)ccc5Cl)o4)C[C@@H](O)CCC(C)=CCC[C@@]32C)CC1. The van der Waals surface area contributed by atoms with E-state index >= 15 is 0 Å². The zero-order chi connectivity index (χ0) is 36.7. The minimum atomic E-state index is -4.59. The molecule has 7 rings (SSSR count). The molecule has 274 valence electrons. The van der Waals surface area contributed by atoms with Crippen molar-refractivity contribution in [1.29, 1.82) is 0 Å². The Morgan fingerprint density at radius 2 is 1.76 bits per heavy atom. The van der Waals surface area contributed by atoms with Crippen LogP contribution in [0, 0.1) is 5.41 Å². The van der Waals surface area contributed by atoms with Gasteiger partial charge in [0, 0.05) is 56.2 Å². The van der Waals surface area contributed by atoms with Gasteiger partial charge in [0.05, 0.1) is 22.3 Å². The number of piperazine rings is 1. The van der Waals surface area contributed by atoms with E-state index in [1.165, 1.54) is 17.7 Å². The molecule has 0 radical (unpaired) electrons. The number of hydrogen-bond acceptors (Lipinski definition) is 6. The van der Waals surface area contributed by atoms with Gasteiger partial charge in [-0.25, -0.2) is 0 Å². The second kappa shape index (κ2) is 14.5. The number of nitrogens with zero attached hydrogens (tertiary/aromatic N) is 2. The van der Waals surface area contributed by atoms with E-state index in [-0.39, 0.29) is 33.9 Å². The van der Waals surface area contributed by atoms with Crippen LogP contribution in [0.2, 0.25) is 5.02 Å². The smallest absolute Gasteiger partial charge is 0.416 e. The number of aliphatic hydroxyl groups excluding tert-OH is 1. The van der Waals surface area contributed by atoms with Gasteiger partial charge in [-0.3, -0.25) is 14.5 Å². The van der Waals surface area contributed by atoms with E-state index in [2.05, 4.69) is 24.8 Å². The number of aliphatic hydroxyl groups is 2. The van der Waals surface area contributed by atoms with Crippen molar-refractivity contribution in [2.75, 3.05) is 32.7 Å². The third-order valence-corrected chi connectivity index (χ3v) is 11.9. The number of carbonyl (C=O) groups excluding carboxylic acids is 2. The summed E-state index contributed by atoms with van der Waals surface area (Å²) in [5, 5.41) is 23.6. The Morgan fingerprint density at radius 3 is 2.47 bits per heavy atom. The number of alkyl halides is 3. The van der Waals surface area contributed by atoms with Crippen LogP contribution in [-0.2, 0) is 17.4 Å².